The first-order valence-corrected chi connectivity index (χ1v) is 6.89. The molecule has 0 spiro atoms. The number of carbonyl (C=O) groups is 3. The number of benzene rings is 1. The molecule has 1 aliphatic heterocycles. The molecule has 110 valence electrons. The van der Waals surface area contributed by atoms with E-state index in [4.69, 9.17) is 5.11 Å². The van der Waals surface area contributed by atoms with Gasteiger partial charge in [0.15, 0.2) is 0 Å². The Labute approximate surface area is 121 Å². The summed E-state index contributed by atoms with van der Waals surface area (Å²) in [6.45, 7) is 0.234. The van der Waals surface area contributed by atoms with E-state index in [0.29, 0.717) is 0 Å². The topological polar surface area (TPSA) is 86.7 Å². The van der Waals surface area contributed by atoms with Crippen molar-refractivity contribution in [2.24, 2.45) is 0 Å². The highest BCUT2D eigenvalue weighted by Gasteiger charge is 2.47. The maximum absolute atomic E-state index is 11.5. The van der Waals surface area contributed by atoms with Crippen LogP contribution >= 0.6 is 0 Å². The van der Waals surface area contributed by atoms with Gasteiger partial charge in [-0.25, -0.2) is 0 Å². The van der Waals surface area contributed by atoms with Crippen molar-refractivity contribution >= 4 is 23.5 Å². The summed E-state index contributed by atoms with van der Waals surface area (Å²) in [5.74, 6) is -1.48. The number of nitrogens with zero attached hydrogens (tertiary/aromatic N) is 1. The van der Waals surface area contributed by atoms with Gasteiger partial charge in [0, 0.05) is 11.1 Å². The number of carbonyl (C=O) groups excluding carboxylic acids is 2. The first kappa shape index (κ1) is 13.6. The fraction of sp³-hybridized carbons (Fsp3) is 0.400. The molecular formula is C15H16N2O4. The molecule has 2 amide bonds. The number of nitrogens with one attached hydrogen (secondary N) is 1. The molecule has 3 rings (SSSR count). The molecule has 1 aromatic rings. The number of carboxylic acids is 1. The van der Waals surface area contributed by atoms with Crippen LogP contribution in [0.25, 0.3) is 0 Å². The second-order valence-corrected chi connectivity index (χ2v) is 5.70. The highest BCUT2D eigenvalue weighted by atomic mass is 16.4. The normalized spacial score (nSPS) is 20.1. The average molecular weight is 288 g/mol. The number of amides is 2. The molecule has 1 aliphatic carbocycles. The predicted octanol–water partition coefficient (Wildman–Crippen LogP) is 0.656. The highest BCUT2D eigenvalue weighted by molar-refractivity contribution is 6.02. The quantitative estimate of drug-likeness (QED) is 0.795. The Morgan fingerprint density at radius 3 is 2.38 bits per heavy atom. The van der Waals surface area contributed by atoms with Crippen molar-refractivity contribution < 1.29 is 19.5 Å². The molecule has 2 fully saturated rings. The van der Waals surface area contributed by atoms with E-state index in [-0.39, 0.29) is 36.7 Å². The van der Waals surface area contributed by atoms with Crippen molar-refractivity contribution in [3.8, 4) is 0 Å². The van der Waals surface area contributed by atoms with Crippen LogP contribution in [0.5, 0.6) is 0 Å². The Morgan fingerprint density at radius 1 is 1.19 bits per heavy atom. The molecule has 1 saturated carbocycles. The van der Waals surface area contributed by atoms with E-state index in [1.807, 2.05) is 24.3 Å². The first-order valence-electron chi connectivity index (χ1n) is 6.89. The number of piperazine rings is 1. The number of aliphatic carboxylic acids is 1. The molecule has 0 unspecified atom stereocenters. The van der Waals surface area contributed by atoms with Gasteiger partial charge < -0.3 is 10.0 Å². The fourth-order valence-electron chi connectivity index (χ4n) is 2.99. The van der Waals surface area contributed by atoms with Gasteiger partial charge in [0.05, 0.1) is 19.5 Å². The predicted molar refractivity (Wildman–Crippen MR) is 75.0 cm³/mol. The minimum Gasteiger partial charge on any atom is -0.481 e. The number of rotatable bonds is 4. The summed E-state index contributed by atoms with van der Waals surface area (Å²) in [7, 11) is 0. The third kappa shape index (κ3) is 2.61. The number of para-hydroxylation sites is 1. The van der Waals surface area contributed by atoms with Gasteiger partial charge in [-0.15, -0.1) is 0 Å². The van der Waals surface area contributed by atoms with E-state index in [1.165, 1.54) is 0 Å². The van der Waals surface area contributed by atoms with Crippen LogP contribution in [0.15, 0.2) is 24.3 Å². The minimum atomic E-state index is -0.824. The van der Waals surface area contributed by atoms with Crippen LogP contribution in [-0.2, 0) is 19.8 Å². The minimum absolute atomic E-state index is 0.0813. The van der Waals surface area contributed by atoms with Crippen LogP contribution in [0.4, 0.5) is 5.69 Å². The molecule has 1 aromatic carbocycles. The Hall–Kier alpha value is -2.37. The van der Waals surface area contributed by atoms with Crippen molar-refractivity contribution in [2.75, 3.05) is 18.0 Å². The summed E-state index contributed by atoms with van der Waals surface area (Å²) < 4.78 is 0. The van der Waals surface area contributed by atoms with Crippen molar-refractivity contribution in [2.45, 2.75) is 24.7 Å². The number of imide groups is 1. The molecule has 21 heavy (non-hydrogen) atoms. The molecule has 0 aromatic heterocycles. The lowest BCUT2D eigenvalue weighted by atomic mass is 9.90. The summed E-state index contributed by atoms with van der Waals surface area (Å²) >= 11 is 0. The van der Waals surface area contributed by atoms with Gasteiger partial charge in [-0.1, -0.05) is 18.2 Å². The van der Waals surface area contributed by atoms with E-state index in [9.17, 15) is 14.4 Å². The van der Waals surface area contributed by atoms with Crippen molar-refractivity contribution in [1.82, 2.24) is 5.32 Å². The van der Waals surface area contributed by atoms with Crippen LogP contribution in [0.3, 0.4) is 0 Å². The Balaban J connectivity index is 1.95. The van der Waals surface area contributed by atoms with Gasteiger partial charge in [-0.3, -0.25) is 19.7 Å². The monoisotopic (exact) mass is 288 g/mol. The van der Waals surface area contributed by atoms with Crippen molar-refractivity contribution in [3.63, 3.8) is 0 Å². The zero-order valence-corrected chi connectivity index (χ0v) is 11.5. The molecule has 1 saturated heterocycles. The SMILES string of the molecule is O=C(O)CC1(c2ccccc2N2CC(=O)NC(=O)C2)CC1. The molecule has 0 atom stereocenters. The lowest BCUT2D eigenvalue weighted by Crippen LogP contribution is -2.51. The lowest BCUT2D eigenvalue weighted by Gasteiger charge is -2.31. The molecule has 0 bridgehead atoms. The van der Waals surface area contributed by atoms with E-state index in [2.05, 4.69) is 5.32 Å². The van der Waals surface area contributed by atoms with Gasteiger partial charge in [-0.2, -0.15) is 0 Å². The molecule has 6 nitrogen and oxygen atoms in total. The van der Waals surface area contributed by atoms with E-state index in [1.54, 1.807) is 4.90 Å². The molecule has 2 aliphatic rings. The second-order valence-electron chi connectivity index (χ2n) is 5.70. The number of carboxylic acid groups (broad SMARTS) is 1. The second kappa shape index (κ2) is 4.87. The summed E-state index contributed by atoms with van der Waals surface area (Å²) in [6.07, 6.45) is 1.73. The summed E-state index contributed by atoms with van der Waals surface area (Å²) in [5.41, 5.74) is 1.37. The fourth-order valence-corrected chi connectivity index (χ4v) is 2.99. The molecule has 0 radical (unpaired) electrons. The smallest absolute Gasteiger partial charge is 0.304 e. The summed E-state index contributed by atoms with van der Waals surface area (Å²) in [6, 6.07) is 7.46. The zero-order chi connectivity index (χ0) is 15.0. The van der Waals surface area contributed by atoms with E-state index >= 15 is 0 Å². The van der Waals surface area contributed by atoms with E-state index < -0.39 is 5.97 Å². The molecule has 6 heteroatoms. The molecule has 1 heterocycles. The maximum atomic E-state index is 11.5. The van der Waals surface area contributed by atoms with Crippen LogP contribution in [-0.4, -0.2) is 36.0 Å². The third-order valence-corrected chi connectivity index (χ3v) is 4.11. The summed E-state index contributed by atoms with van der Waals surface area (Å²) in [5, 5.41) is 11.4. The van der Waals surface area contributed by atoms with Crippen molar-refractivity contribution in [3.05, 3.63) is 29.8 Å². The molecule has 2 N–H and O–H groups in total. The van der Waals surface area contributed by atoms with Gasteiger partial charge >= 0.3 is 5.97 Å². The number of hydrogen-bond donors (Lipinski definition) is 2. The van der Waals surface area contributed by atoms with Gasteiger partial charge in [0.2, 0.25) is 11.8 Å². The van der Waals surface area contributed by atoms with Gasteiger partial charge in [-0.05, 0) is 24.5 Å². The Bertz CT molecular complexity index is 606. The Kier molecular flexibility index (Phi) is 3.16. The van der Waals surface area contributed by atoms with E-state index in [0.717, 1.165) is 24.1 Å². The summed E-state index contributed by atoms with van der Waals surface area (Å²) in [4.78, 5) is 35.9. The average Bonchev–Trinajstić information content (AvgIpc) is 3.17. The number of anilines is 1. The first-order chi connectivity index (χ1) is 10.00. The van der Waals surface area contributed by atoms with Gasteiger partial charge in [0.1, 0.15) is 0 Å². The number of hydrogen-bond acceptors (Lipinski definition) is 4. The Morgan fingerprint density at radius 2 is 1.81 bits per heavy atom. The maximum Gasteiger partial charge on any atom is 0.304 e. The zero-order valence-electron chi connectivity index (χ0n) is 11.5. The van der Waals surface area contributed by atoms with Crippen LogP contribution in [0.2, 0.25) is 0 Å². The van der Waals surface area contributed by atoms with Crippen LogP contribution in [0, 0.1) is 0 Å². The lowest BCUT2D eigenvalue weighted by molar-refractivity contribution is -0.138. The molecular weight excluding hydrogens is 272 g/mol. The van der Waals surface area contributed by atoms with Crippen LogP contribution < -0.4 is 10.2 Å². The highest BCUT2D eigenvalue weighted by Crippen LogP contribution is 2.53. The van der Waals surface area contributed by atoms with Gasteiger partial charge in [0.25, 0.3) is 0 Å². The third-order valence-electron chi connectivity index (χ3n) is 4.11. The van der Waals surface area contributed by atoms with Crippen molar-refractivity contribution in [1.29, 1.82) is 0 Å². The largest absolute Gasteiger partial charge is 0.481 e. The van der Waals surface area contributed by atoms with Crippen LogP contribution in [0.1, 0.15) is 24.8 Å². The standard InChI is InChI=1S/C15H16N2O4/c18-12-8-17(9-13(19)16-12)11-4-2-1-3-10(11)15(5-6-15)7-14(20)21/h1-4H,5-9H2,(H,20,21)(H,16,18,19).